The number of rotatable bonds is 2. The number of halogens is 1. The molecule has 0 saturated carbocycles. The van der Waals surface area contributed by atoms with Crippen LogP contribution in [0.25, 0.3) is 16.9 Å². The number of hydrogen-bond acceptors (Lipinski definition) is 2. The molecule has 2 heterocycles. The molecule has 0 unspecified atom stereocenters. The minimum atomic E-state index is -0.283. The van der Waals surface area contributed by atoms with Crippen LogP contribution in [-0.2, 0) is 6.61 Å². The van der Waals surface area contributed by atoms with Gasteiger partial charge >= 0.3 is 0 Å². The summed E-state index contributed by atoms with van der Waals surface area (Å²) in [6.45, 7) is 1.87. The Morgan fingerprint density at radius 1 is 1.16 bits per heavy atom. The average Bonchev–Trinajstić information content (AvgIpc) is 2.77. The Morgan fingerprint density at radius 3 is 2.58 bits per heavy atom. The van der Waals surface area contributed by atoms with Gasteiger partial charge in [0, 0.05) is 11.8 Å². The predicted octanol–water partition coefficient (Wildman–Crippen LogP) is 2.94. The largest absolute Gasteiger partial charge is 0.390 e. The van der Waals surface area contributed by atoms with E-state index in [1.165, 1.54) is 12.1 Å². The van der Waals surface area contributed by atoms with E-state index in [2.05, 4.69) is 4.98 Å². The molecule has 96 valence electrons. The smallest absolute Gasteiger partial charge is 0.137 e. The standard InChI is InChI=1S/C15H13FN2O/c1-10-2-7-14-17-15(13(9-19)18(14)8-10)11-3-5-12(16)6-4-11/h2-8,19H,9H2,1H3. The van der Waals surface area contributed by atoms with E-state index < -0.39 is 0 Å². The molecule has 1 aromatic carbocycles. The Labute approximate surface area is 110 Å². The third-order valence-electron chi connectivity index (χ3n) is 3.13. The van der Waals surface area contributed by atoms with Crippen LogP contribution in [-0.4, -0.2) is 14.5 Å². The zero-order valence-electron chi connectivity index (χ0n) is 10.5. The average molecular weight is 256 g/mol. The summed E-state index contributed by atoms with van der Waals surface area (Å²) in [4.78, 5) is 4.51. The SMILES string of the molecule is Cc1ccc2nc(-c3ccc(F)cc3)c(CO)n2c1. The van der Waals surface area contributed by atoms with Crippen LogP contribution in [0.2, 0.25) is 0 Å². The first-order valence-corrected chi connectivity index (χ1v) is 6.03. The van der Waals surface area contributed by atoms with Gasteiger partial charge in [0.25, 0.3) is 0 Å². The van der Waals surface area contributed by atoms with Crippen LogP contribution in [0, 0.1) is 12.7 Å². The monoisotopic (exact) mass is 256 g/mol. The van der Waals surface area contributed by atoms with E-state index >= 15 is 0 Å². The number of aromatic nitrogens is 2. The number of aliphatic hydroxyl groups is 1. The number of imidazole rings is 1. The molecule has 0 amide bonds. The van der Waals surface area contributed by atoms with Crippen molar-refractivity contribution >= 4 is 5.65 Å². The molecule has 0 saturated heterocycles. The van der Waals surface area contributed by atoms with Gasteiger partial charge in [-0.15, -0.1) is 0 Å². The number of aliphatic hydroxyl groups excluding tert-OH is 1. The topological polar surface area (TPSA) is 37.5 Å². The summed E-state index contributed by atoms with van der Waals surface area (Å²) in [6, 6.07) is 10.0. The summed E-state index contributed by atoms with van der Waals surface area (Å²) >= 11 is 0. The third kappa shape index (κ3) is 2.00. The maximum atomic E-state index is 13.0. The van der Waals surface area contributed by atoms with Crippen molar-refractivity contribution in [1.29, 1.82) is 0 Å². The lowest BCUT2D eigenvalue weighted by Crippen LogP contribution is -1.94. The van der Waals surface area contributed by atoms with Gasteiger partial charge in [-0.05, 0) is 42.8 Å². The number of nitrogens with zero attached hydrogens (tertiary/aromatic N) is 2. The highest BCUT2D eigenvalue weighted by Gasteiger charge is 2.13. The Balaban J connectivity index is 2.25. The van der Waals surface area contributed by atoms with Crippen molar-refractivity contribution < 1.29 is 9.50 Å². The maximum absolute atomic E-state index is 13.0. The van der Waals surface area contributed by atoms with Crippen LogP contribution in [0.1, 0.15) is 11.3 Å². The Morgan fingerprint density at radius 2 is 1.89 bits per heavy atom. The highest BCUT2D eigenvalue weighted by molar-refractivity contribution is 5.66. The number of benzene rings is 1. The van der Waals surface area contributed by atoms with E-state index in [1.807, 2.05) is 29.7 Å². The number of pyridine rings is 1. The first kappa shape index (κ1) is 11.9. The summed E-state index contributed by atoms with van der Waals surface area (Å²) < 4.78 is 14.8. The lowest BCUT2D eigenvalue weighted by Gasteiger charge is -2.02. The van der Waals surface area contributed by atoms with Crippen molar-refractivity contribution in [2.45, 2.75) is 13.5 Å². The molecule has 0 atom stereocenters. The van der Waals surface area contributed by atoms with Gasteiger partial charge < -0.3 is 9.51 Å². The zero-order chi connectivity index (χ0) is 13.4. The number of fused-ring (bicyclic) bond motifs is 1. The molecule has 1 N–H and O–H groups in total. The number of aryl methyl sites for hydroxylation is 1. The highest BCUT2D eigenvalue weighted by Crippen LogP contribution is 2.25. The predicted molar refractivity (Wildman–Crippen MR) is 71.2 cm³/mol. The minimum absolute atomic E-state index is 0.114. The maximum Gasteiger partial charge on any atom is 0.137 e. The summed E-state index contributed by atoms with van der Waals surface area (Å²) in [5.74, 6) is -0.283. The molecule has 2 aromatic heterocycles. The fourth-order valence-corrected chi connectivity index (χ4v) is 2.19. The van der Waals surface area contributed by atoms with Crippen molar-refractivity contribution in [3.05, 3.63) is 59.7 Å². The number of hydrogen-bond donors (Lipinski definition) is 1. The van der Waals surface area contributed by atoms with Crippen LogP contribution in [0.3, 0.4) is 0 Å². The van der Waals surface area contributed by atoms with Crippen molar-refractivity contribution in [2.24, 2.45) is 0 Å². The van der Waals surface area contributed by atoms with Gasteiger partial charge in [-0.2, -0.15) is 0 Å². The van der Waals surface area contributed by atoms with Crippen molar-refractivity contribution in [3.63, 3.8) is 0 Å². The summed E-state index contributed by atoms with van der Waals surface area (Å²) in [5.41, 5.74) is 4.06. The second kappa shape index (κ2) is 4.48. The summed E-state index contributed by atoms with van der Waals surface area (Å²) in [5, 5.41) is 9.58. The molecule has 0 bridgehead atoms. The van der Waals surface area contributed by atoms with Gasteiger partial charge in [0.2, 0.25) is 0 Å². The molecule has 0 aliphatic heterocycles. The Kier molecular flexibility index (Phi) is 2.80. The molecule has 19 heavy (non-hydrogen) atoms. The van der Waals surface area contributed by atoms with Gasteiger partial charge in [0.1, 0.15) is 11.5 Å². The van der Waals surface area contributed by atoms with Gasteiger partial charge in [-0.25, -0.2) is 9.37 Å². The van der Waals surface area contributed by atoms with E-state index in [0.29, 0.717) is 11.4 Å². The molecular weight excluding hydrogens is 243 g/mol. The fourth-order valence-electron chi connectivity index (χ4n) is 2.19. The molecule has 0 fully saturated rings. The van der Waals surface area contributed by atoms with Crippen molar-refractivity contribution in [2.75, 3.05) is 0 Å². The first-order chi connectivity index (χ1) is 9.19. The Hall–Kier alpha value is -2.20. The molecule has 3 rings (SSSR count). The normalized spacial score (nSPS) is 11.1. The van der Waals surface area contributed by atoms with E-state index in [1.54, 1.807) is 12.1 Å². The fraction of sp³-hybridized carbons (Fsp3) is 0.133. The second-order valence-corrected chi connectivity index (χ2v) is 4.51. The molecular formula is C15H13FN2O. The molecule has 0 spiro atoms. The summed E-state index contributed by atoms with van der Waals surface area (Å²) in [7, 11) is 0. The van der Waals surface area contributed by atoms with Crippen LogP contribution in [0.4, 0.5) is 4.39 Å². The summed E-state index contributed by atoms with van der Waals surface area (Å²) in [6.07, 6.45) is 1.93. The first-order valence-electron chi connectivity index (χ1n) is 6.03. The van der Waals surface area contributed by atoms with E-state index in [-0.39, 0.29) is 12.4 Å². The Bertz CT molecular complexity index is 732. The van der Waals surface area contributed by atoms with Crippen LogP contribution in [0.15, 0.2) is 42.6 Å². The minimum Gasteiger partial charge on any atom is -0.390 e. The van der Waals surface area contributed by atoms with Gasteiger partial charge in [0.05, 0.1) is 18.0 Å². The molecule has 0 radical (unpaired) electrons. The quantitative estimate of drug-likeness (QED) is 0.765. The van der Waals surface area contributed by atoms with Gasteiger partial charge in [-0.1, -0.05) is 6.07 Å². The lowest BCUT2D eigenvalue weighted by molar-refractivity contribution is 0.276. The molecule has 0 aliphatic carbocycles. The van der Waals surface area contributed by atoms with Crippen molar-refractivity contribution in [1.82, 2.24) is 9.38 Å². The highest BCUT2D eigenvalue weighted by atomic mass is 19.1. The second-order valence-electron chi connectivity index (χ2n) is 4.51. The lowest BCUT2D eigenvalue weighted by atomic mass is 10.1. The van der Waals surface area contributed by atoms with Gasteiger partial charge in [0.15, 0.2) is 0 Å². The van der Waals surface area contributed by atoms with E-state index in [9.17, 15) is 9.50 Å². The molecule has 3 aromatic rings. The van der Waals surface area contributed by atoms with E-state index in [4.69, 9.17) is 0 Å². The van der Waals surface area contributed by atoms with Crippen molar-refractivity contribution in [3.8, 4) is 11.3 Å². The molecule has 0 aliphatic rings. The van der Waals surface area contributed by atoms with Crippen LogP contribution < -0.4 is 0 Å². The van der Waals surface area contributed by atoms with Gasteiger partial charge in [-0.3, -0.25) is 0 Å². The van der Waals surface area contributed by atoms with Crippen LogP contribution in [0.5, 0.6) is 0 Å². The van der Waals surface area contributed by atoms with E-state index in [0.717, 1.165) is 16.8 Å². The van der Waals surface area contributed by atoms with Crippen LogP contribution >= 0.6 is 0 Å². The molecule has 4 heteroatoms. The molecule has 3 nitrogen and oxygen atoms in total. The third-order valence-corrected chi connectivity index (χ3v) is 3.13. The zero-order valence-corrected chi connectivity index (χ0v) is 10.5.